The molecule has 3 nitrogen and oxygen atoms in total. The summed E-state index contributed by atoms with van der Waals surface area (Å²) >= 11 is 0. The third kappa shape index (κ3) is 2.18. The van der Waals surface area contributed by atoms with Crippen LogP contribution in [0.5, 0.6) is 0 Å². The van der Waals surface area contributed by atoms with E-state index in [1.807, 2.05) is 0 Å². The van der Waals surface area contributed by atoms with Gasteiger partial charge in [-0.2, -0.15) is 0 Å². The highest BCUT2D eigenvalue weighted by molar-refractivity contribution is 6.52. The fourth-order valence-corrected chi connectivity index (χ4v) is 2.32. The van der Waals surface area contributed by atoms with Crippen LogP contribution in [0.15, 0.2) is 36.4 Å². The lowest BCUT2D eigenvalue weighted by Gasteiger charge is -2.17. The van der Waals surface area contributed by atoms with E-state index in [4.69, 9.17) is 0 Å². The SMILES string of the molecule is O=C1C(=O)N(Cc2cccc(F)c2)c2c(F)cc(F)cc21. The summed E-state index contributed by atoms with van der Waals surface area (Å²) in [5.74, 6) is -4.37. The van der Waals surface area contributed by atoms with E-state index in [1.165, 1.54) is 18.2 Å². The number of rotatable bonds is 2. The van der Waals surface area contributed by atoms with Gasteiger partial charge in [-0.1, -0.05) is 12.1 Å². The number of nitrogens with zero attached hydrogens (tertiary/aromatic N) is 1. The van der Waals surface area contributed by atoms with Crippen molar-refractivity contribution in [2.24, 2.45) is 0 Å². The molecule has 2 aromatic carbocycles. The number of hydrogen-bond donors (Lipinski definition) is 0. The van der Waals surface area contributed by atoms with E-state index in [2.05, 4.69) is 0 Å². The second kappa shape index (κ2) is 4.73. The average Bonchev–Trinajstić information content (AvgIpc) is 2.64. The molecule has 0 radical (unpaired) electrons. The second-order valence-corrected chi connectivity index (χ2v) is 4.63. The van der Waals surface area contributed by atoms with Gasteiger partial charge in [0.15, 0.2) is 5.82 Å². The summed E-state index contributed by atoms with van der Waals surface area (Å²) in [4.78, 5) is 24.6. The van der Waals surface area contributed by atoms with Crippen LogP contribution in [-0.4, -0.2) is 11.7 Å². The van der Waals surface area contributed by atoms with E-state index in [9.17, 15) is 22.8 Å². The third-order valence-corrected chi connectivity index (χ3v) is 3.21. The highest BCUT2D eigenvalue weighted by atomic mass is 19.1. The predicted molar refractivity (Wildman–Crippen MR) is 68.3 cm³/mol. The molecule has 0 N–H and O–H groups in total. The van der Waals surface area contributed by atoms with Gasteiger partial charge in [-0.3, -0.25) is 14.5 Å². The van der Waals surface area contributed by atoms with Crippen LogP contribution in [-0.2, 0) is 11.3 Å². The first kappa shape index (κ1) is 13.4. The first-order valence-corrected chi connectivity index (χ1v) is 6.07. The van der Waals surface area contributed by atoms with Gasteiger partial charge >= 0.3 is 0 Å². The molecule has 1 aliphatic rings. The maximum Gasteiger partial charge on any atom is 0.299 e. The summed E-state index contributed by atoms with van der Waals surface area (Å²) in [6, 6.07) is 6.81. The zero-order chi connectivity index (χ0) is 15.1. The summed E-state index contributed by atoms with van der Waals surface area (Å²) in [6.07, 6.45) is 0. The maximum atomic E-state index is 13.9. The van der Waals surface area contributed by atoms with E-state index in [1.54, 1.807) is 6.07 Å². The van der Waals surface area contributed by atoms with Crippen LogP contribution in [0.4, 0.5) is 18.9 Å². The summed E-state index contributed by atoms with van der Waals surface area (Å²) in [5, 5.41) is 0. The number of carbonyl (C=O) groups is 2. The molecular formula is C15H8F3NO2. The van der Waals surface area contributed by atoms with Gasteiger partial charge in [0.1, 0.15) is 11.6 Å². The quantitative estimate of drug-likeness (QED) is 0.798. The van der Waals surface area contributed by atoms with Gasteiger partial charge in [0.2, 0.25) is 0 Å². The molecular weight excluding hydrogens is 283 g/mol. The van der Waals surface area contributed by atoms with Crippen LogP contribution in [0.3, 0.4) is 0 Å². The van der Waals surface area contributed by atoms with Crippen LogP contribution in [0, 0.1) is 17.5 Å². The first-order valence-electron chi connectivity index (χ1n) is 6.07. The Hall–Kier alpha value is -2.63. The van der Waals surface area contributed by atoms with Crippen molar-refractivity contribution in [3.63, 3.8) is 0 Å². The normalized spacial score (nSPS) is 13.8. The Morgan fingerprint density at radius 3 is 2.43 bits per heavy atom. The number of amides is 1. The lowest BCUT2D eigenvalue weighted by Crippen LogP contribution is -2.29. The van der Waals surface area contributed by atoms with Crippen molar-refractivity contribution in [1.29, 1.82) is 0 Å². The van der Waals surface area contributed by atoms with Crippen molar-refractivity contribution < 1.29 is 22.8 Å². The van der Waals surface area contributed by atoms with Crippen LogP contribution < -0.4 is 4.90 Å². The van der Waals surface area contributed by atoms with Crippen LogP contribution >= 0.6 is 0 Å². The van der Waals surface area contributed by atoms with Gasteiger partial charge in [0.25, 0.3) is 11.7 Å². The summed E-state index contributed by atoms with van der Waals surface area (Å²) in [6.45, 7) is -0.169. The monoisotopic (exact) mass is 291 g/mol. The molecule has 1 heterocycles. The zero-order valence-corrected chi connectivity index (χ0v) is 10.6. The topological polar surface area (TPSA) is 37.4 Å². The molecule has 0 aromatic heterocycles. The Morgan fingerprint density at radius 1 is 0.952 bits per heavy atom. The number of anilines is 1. The molecule has 0 saturated carbocycles. The second-order valence-electron chi connectivity index (χ2n) is 4.63. The number of benzene rings is 2. The molecule has 106 valence electrons. The minimum atomic E-state index is -0.999. The highest BCUT2D eigenvalue weighted by Gasteiger charge is 2.38. The number of ketones is 1. The molecule has 0 saturated heterocycles. The summed E-state index contributed by atoms with van der Waals surface area (Å²) in [5.41, 5.74) is -0.183. The van der Waals surface area contributed by atoms with Crippen molar-refractivity contribution in [3.05, 3.63) is 65.0 Å². The molecule has 21 heavy (non-hydrogen) atoms. The number of carbonyl (C=O) groups excluding carboxylic acids is 2. The molecule has 1 aliphatic heterocycles. The van der Waals surface area contributed by atoms with E-state index >= 15 is 0 Å². The van der Waals surface area contributed by atoms with Gasteiger partial charge < -0.3 is 0 Å². The molecule has 6 heteroatoms. The van der Waals surface area contributed by atoms with Crippen molar-refractivity contribution in [2.45, 2.75) is 6.54 Å². The number of Topliss-reactive ketones (excluding diaryl/α,β-unsaturated/α-hetero) is 1. The number of hydrogen-bond acceptors (Lipinski definition) is 2. The van der Waals surface area contributed by atoms with E-state index in [0.717, 1.165) is 11.0 Å². The van der Waals surface area contributed by atoms with E-state index < -0.39 is 29.1 Å². The molecule has 0 unspecified atom stereocenters. The zero-order valence-electron chi connectivity index (χ0n) is 10.6. The van der Waals surface area contributed by atoms with Gasteiger partial charge in [0, 0.05) is 6.07 Å². The summed E-state index contributed by atoms with van der Waals surface area (Å²) in [7, 11) is 0. The number of halogens is 3. The van der Waals surface area contributed by atoms with Crippen molar-refractivity contribution >= 4 is 17.4 Å². The Labute approximate surface area is 117 Å². The molecule has 0 atom stereocenters. The molecule has 0 aliphatic carbocycles. The lowest BCUT2D eigenvalue weighted by atomic mass is 10.1. The standard InChI is InChI=1S/C15H8F3NO2/c16-9-3-1-2-8(4-9)7-19-13-11(14(20)15(19)21)5-10(17)6-12(13)18/h1-6H,7H2. The van der Waals surface area contributed by atoms with Crippen molar-refractivity contribution in [3.8, 4) is 0 Å². The fourth-order valence-electron chi connectivity index (χ4n) is 2.32. The molecule has 0 spiro atoms. The maximum absolute atomic E-state index is 13.9. The van der Waals surface area contributed by atoms with Crippen LogP contribution in [0.2, 0.25) is 0 Å². The van der Waals surface area contributed by atoms with Gasteiger partial charge in [-0.25, -0.2) is 13.2 Å². The lowest BCUT2D eigenvalue weighted by molar-refractivity contribution is -0.114. The van der Waals surface area contributed by atoms with E-state index in [-0.39, 0.29) is 17.8 Å². The Balaban J connectivity index is 2.05. The van der Waals surface area contributed by atoms with Gasteiger partial charge in [0.05, 0.1) is 17.8 Å². The fraction of sp³-hybridized carbons (Fsp3) is 0.0667. The highest BCUT2D eigenvalue weighted by Crippen LogP contribution is 2.33. The van der Waals surface area contributed by atoms with E-state index in [0.29, 0.717) is 11.6 Å². The number of fused-ring (bicyclic) bond motifs is 1. The molecule has 2 aromatic rings. The van der Waals surface area contributed by atoms with Gasteiger partial charge in [-0.05, 0) is 23.8 Å². The molecule has 1 amide bonds. The largest absolute Gasteiger partial charge is 0.299 e. The van der Waals surface area contributed by atoms with Crippen LogP contribution in [0.1, 0.15) is 15.9 Å². The van der Waals surface area contributed by atoms with Crippen LogP contribution in [0.25, 0.3) is 0 Å². The summed E-state index contributed by atoms with van der Waals surface area (Å²) < 4.78 is 40.2. The average molecular weight is 291 g/mol. The predicted octanol–water partition coefficient (Wildman–Crippen LogP) is 2.83. The molecule has 3 rings (SSSR count). The molecule has 0 fully saturated rings. The van der Waals surface area contributed by atoms with Crippen molar-refractivity contribution in [1.82, 2.24) is 0 Å². The Kier molecular flexibility index (Phi) is 3.01. The van der Waals surface area contributed by atoms with Gasteiger partial charge in [-0.15, -0.1) is 0 Å². The molecule has 0 bridgehead atoms. The smallest absolute Gasteiger partial charge is 0.298 e. The third-order valence-electron chi connectivity index (χ3n) is 3.21. The Morgan fingerprint density at radius 2 is 1.71 bits per heavy atom. The van der Waals surface area contributed by atoms with Crippen molar-refractivity contribution in [2.75, 3.05) is 4.90 Å². The minimum Gasteiger partial charge on any atom is -0.298 e. The Bertz CT molecular complexity index is 774. The minimum absolute atomic E-state index is 0.169. The first-order chi connectivity index (χ1) is 9.97.